The van der Waals surface area contributed by atoms with Crippen LogP contribution in [0.1, 0.15) is 16.1 Å². The summed E-state index contributed by atoms with van der Waals surface area (Å²) in [7, 11) is 1.45. The maximum atomic E-state index is 12.3. The minimum atomic E-state index is -0.443. The van der Waals surface area contributed by atoms with E-state index in [-0.39, 0.29) is 20.7 Å². The Labute approximate surface area is 168 Å². The van der Waals surface area contributed by atoms with Crippen LogP contribution >= 0.6 is 58.0 Å². The normalized spacial score (nSPS) is 10.2. The van der Waals surface area contributed by atoms with Crippen LogP contribution in [-0.4, -0.2) is 23.1 Å². The Balaban J connectivity index is 2.09. The molecule has 0 saturated heterocycles. The highest BCUT2D eigenvalue weighted by Crippen LogP contribution is 2.33. The van der Waals surface area contributed by atoms with Crippen LogP contribution in [-0.2, 0) is 0 Å². The number of amides is 1. The summed E-state index contributed by atoms with van der Waals surface area (Å²) >= 11 is 19.4. The standard InChI is InChI=1S/C15H12Cl2IN3O2S/c1-7-11(18)3-4-12(19-7)20-15(24)21-14(22)8-5-9(16)13(23-2)10(17)6-8/h3-6H,1-2H3,(H2,19,20,21,22,24). The second-order valence-corrected chi connectivity index (χ2v) is 7.03. The van der Waals surface area contributed by atoms with Gasteiger partial charge in [-0.25, -0.2) is 4.98 Å². The molecule has 1 aromatic heterocycles. The zero-order chi connectivity index (χ0) is 17.9. The van der Waals surface area contributed by atoms with E-state index in [1.807, 2.05) is 13.0 Å². The average Bonchev–Trinajstić information content (AvgIpc) is 2.50. The van der Waals surface area contributed by atoms with Gasteiger partial charge in [-0.05, 0) is 66.0 Å². The number of anilines is 1. The zero-order valence-electron chi connectivity index (χ0n) is 12.6. The van der Waals surface area contributed by atoms with Crippen LogP contribution in [0.4, 0.5) is 5.82 Å². The first-order valence-corrected chi connectivity index (χ1v) is 8.84. The van der Waals surface area contributed by atoms with E-state index < -0.39 is 5.91 Å². The number of carbonyl (C=O) groups excluding carboxylic acids is 1. The Hall–Kier alpha value is -1.16. The number of ether oxygens (including phenoxy) is 1. The molecule has 0 radical (unpaired) electrons. The Morgan fingerprint density at radius 3 is 2.46 bits per heavy atom. The minimum Gasteiger partial charge on any atom is -0.494 e. The molecule has 1 heterocycles. The smallest absolute Gasteiger partial charge is 0.257 e. The third kappa shape index (κ3) is 4.69. The first kappa shape index (κ1) is 19.2. The molecule has 0 unspecified atom stereocenters. The Kier molecular flexibility index (Phi) is 6.62. The number of hydrogen-bond donors (Lipinski definition) is 2. The number of thiocarbonyl (C=S) groups is 1. The number of halogens is 3. The summed E-state index contributed by atoms with van der Waals surface area (Å²) < 4.78 is 6.09. The number of aryl methyl sites for hydroxylation is 1. The van der Waals surface area contributed by atoms with E-state index in [1.165, 1.54) is 19.2 Å². The van der Waals surface area contributed by atoms with Crippen molar-refractivity contribution < 1.29 is 9.53 Å². The summed E-state index contributed by atoms with van der Waals surface area (Å²) in [5, 5.41) is 6.01. The van der Waals surface area contributed by atoms with Crippen molar-refractivity contribution >= 4 is 74.8 Å². The first-order valence-electron chi connectivity index (χ1n) is 6.60. The lowest BCUT2D eigenvalue weighted by Gasteiger charge is -2.11. The molecule has 2 N–H and O–H groups in total. The molecule has 1 aromatic carbocycles. The van der Waals surface area contributed by atoms with E-state index in [0.29, 0.717) is 11.6 Å². The molecule has 0 aliphatic rings. The van der Waals surface area contributed by atoms with Gasteiger partial charge < -0.3 is 10.1 Å². The molecule has 0 aliphatic heterocycles. The van der Waals surface area contributed by atoms with Crippen molar-refractivity contribution in [2.45, 2.75) is 6.92 Å². The van der Waals surface area contributed by atoms with Crippen LogP contribution in [0.2, 0.25) is 10.0 Å². The quantitative estimate of drug-likeness (QED) is 0.487. The molecular weight excluding hydrogens is 484 g/mol. The number of hydrogen-bond acceptors (Lipinski definition) is 4. The van der Waals surface area contributed by atoms with Gasteiger partial charge in [-0.2, -0.15) is 0 Å². The van der Waals surface area contributed by atoms with Crippen LogP contribution in [0.15, 0.2) is 24.3 Å². The molecule has 2 aromatic rings. The molecule has 126 valence electrons. The summed E-state index contributed by atoms with van der Waals surface area (Å²) in [6.45, 7) is 1.88. The van der Waals surface area contributed by atoms with Crippen LogP contribution in [0, 0.1) is 10.5 Å². The van der Waals surface area contributed by atoms with Crippen molar-refractivity contribution in [2.24, 2.45) is 0 Å². The molecule has 24 heavy (non-hydrogen) atoms. The fourth-order valence-corrected chi connectivity index (χ4v) is 2.96. The van der Waals surface area contributed by atoms with Crippen molar-refractivity contribution in [1.29, 1.82) is 0 Å². The van der Waals surface area contributed by atoms with Crippen LogP contribution in [0.3, 0.4) is 0 Å². The number of pyridine rings is 1. The van der Waals surface area contributed by atoms with Crippen molar-refractivity contribution in [3.63, 3.8) is 0 Å². The highest BCUT2D eigenvalue weighted by Gasteiger charge is 2.14. The average molecular weight is 496 g/mol. The van der Waals surface area contributed by atoms with Crippen molar-refractivity contribution in [2.75, 3.05) is 12.4 Å². The van der Waals surface area contributed by atoms with Crippen LogP contribution in [0.25, 0.3) is 0 Å². The summed E-state index contributed by atoms with van der Waals surface area (Å²) in [4.78, 5) is 16.6. The number of carbonyl (C=O) groups is 1. The van der Waals surface area contributed by atoms with E-state index in [9.17, 15) is 4.79 Å². The maximum absolute atomic E-state index is 12.3. The van der Waals surface area contributed by atoms with E-state index >= 15 is 0 Å². The third-order valence-corrected chi connectivity index (χ3v) is 4.86. The van der Waals surface area contributed by atoms with E-state index in [2.05, 4.69) is 38.2 Å². The van der Waals surface area contributed by atoms with Gasteiger partial charge in [-0.1, -0.05) is 23.2 Å². The number of nitrogens with zero attached hydrogens (tertiary/aromatic N) is 1. The number of aromatic nitrogens is 1. The van der Waals surface area contributed by atoms with E-state index in [1.54, 1.807) is 6.07 Å². The molecule has 0 atom stereocenters. The second kappa shape index (κ2) is 8.28. The highest BCUT2D eigenvalue weighted by atomic mass is 127. The van der Waals surface area contributed by atoms with Gasteiger partial charge in [-0.3, -0.25) is 10.1 Å². The summed E-state index contributed by atoms with van der Waals surface area (Å²) in [6.07, 6.45) is 0. The Morgan fingerprint density at radius 1 is 1.29 bits per heavy atom. The fourth-order valence-electron chi connectivity index (χ4n) is 1.82. The number of nitrogens with one attached hydrogen (secondary N) is 2. The lowest BCUT2D eigenvalue weighted by atomic mass is 10.2. The van der Waals surface area contributed by atoms with E-state index in [0.717, 1.165) is 9.26 Å². The molecule has 2 rings (SSSR count). The zero-order valence-corrected chi connectivity index (χ0v) is 17.1. The molecule has 1 amide bonds. The van der Waals surface area contributed by atoms with E-state index in [4.69, 9.17) is 40.2 Å². The summed E-state index contributed by atoms with van der Waals surface area (Å²) in [6, 6.07) is 6.59. The molecule has 0 fully saturated rings. The monoisotopic (exact) mass is 495 g/mol. The van der Waals surface area contributed by atoms with Gasteiger partial charge in [0.2, 0.25) is 0 Å². The lowest BCUT2D eigenvalue weighted by Crippen LogP contribution is -2.34. The molecule has 0 saturated carbocycles. The highest BCUT2D eigenvalue weighted by molar-refractivity contribution is 14.1. The summed E-state index contributed by atoms with van der Waals surface area (Å²) in [5.41, 5.74) is 1.13. The van der Waals surface area contributed by atoms with Crippen molar-refractivity contribution in [1.82, 2.24) is 10.3 Å². The molecule has 5 nitrogen and oxygen atoms in total. The molecule has 0 bridgehead atoms. The largest absolute Gasteiger partial charge is 0.494 e. The van der Waals surface area contributed by atoms with Gasteiger partial charge >= 0.3 is 0 Å². The molecule has 0 aliphatic carbocycles. The molecule has 0 spiro atoms. The lowest BCUT2D eigenvalue weighted by molar-refractivity contribution is 0.0977. The predicted octanol–water partition coefficient (Wildman–Crippen LogP) is 4.44. The van der Waals surface area contributed by atoms with Crippen molar-refractivity contribution in [3.05, 3.63) is 49.1 Å². The van der Waals surface area contributed by atoms with Gasteiger partial charge in [-0.15, -0.1) is 0 Å². The maximum Gasteiger partial charge on any atom is 0.257 e. The Morgan fingerprint density at radius 2 is 1.92 bits per heavy atom. The second-order valence-electron chi connectivity index (χ2n) is 4.65. The predicted molar refractivity (Wildman–Crippen MR) is 108 cm³/mol. The van der Waals surface area contributed by atoms with Crippen LogP contribution in [0.5, 0.6) is 5.75 Å². The number of benzene rings is 1. The third-order valence-electron chi connectivity index (χ3n) is 2.95. The van der Waals surface area contributed by atoms with Gasteiger partial charge in [0, 0.05) is 9.13 Å². The van der Waals surface area contributed by atoms with Gasteiger partial charge in [0.25, 0.3) is 5.91 Å². The van der Waals surface area contributed by atoms with Gasteiger partial charge in [0.05, 0.1) is 22.8 Å². The number of rotatable bonds is 3. The number of methoxy groups -OCH3 is 1. The summed E-state index contributed by atoms with van der Waals surface area (Å²) in [5.74, 6) is 0.416. The van der Waals surface area contributed by atoms with Crippen LogP contribution < -0.4 is 15.4 Å². The topological polar surface area (TPSA) is 63.2 Å². The van der Waals surface area contributed by atoms with Gasteiger partial charge in [0.15, 0.2) is 10.9 Å². The molecular formula is C15H12Cl2IN3O2S. The SMILES string of the molecule is COc1c(Cl)cc(C(=O)NC(=S)Nc2ccc(I)c(C)n2)cc1Cl. The fraction of sp³-hybridized carbons (Fsp3) is 0.133. The molecule has 9 heteroatoms. The Bertz CT molecular complexity index is 794. The van der Waals surface area contributed by atoms with Crippen molar-refractivity contribution in [3.8, 4) is 5.75 Å². The first-order chi connectivity index (χ1) is 11.3. The van der Waals surface area contributed by atoms with Gasteiger partial charge in [0.1, 0.15) is 5.82 Å². The minimum absolute atomic E-state index is 0.121.